The molecule has 1 N–H and O–H groups in total. The Morgan fingerprint density at radius 3 is 2.50 bits per heavy atom. The van der Waals surface area contributed by atoms with Crippen LogP contribution in [0, 0.1) is 0 Å². The molecule has 0 aliphatic carbocycles. The molecule has 22 heavy (non-hydrogen) atoms. The second-order valence-corrected chi connectivity index (χ2v) is 5.14. The molecule has 2 aromatic rings. The van der Waals surface area contributed by atoms with Crippen LogP contribution in [0.15, 0.2) is 30.3 Å². The Morgan fingerprint density at radius 1 is 1.14 bits per heavy atom. The van der Waals surface area contributed by atoms with E-state index in [1.165, 1.54) is 30.3 Å². The molecule has 1 amide bonds. The van der Waals surface area contributed by atoms with Crippen LogP contribution in [0.3, 0.4) is 0 Å². The van der Waals surface area contributed by atoms with Crippen molar-refractivity contribution in [3.05, 3.63) is 51.2 Å². The summed E-state index contributed by atoms with van der Waals surface area (Å²) >= 11 is 17.3. The third-order valence-electron chi connectivity index (χ3n) is 2.43. The number of nitrogens with zero attached hydrogens (tertiary/aromatic N) is 1. The van der Waals surface area contributed by atoms with Crippen molar-refractivity contribution in [1.82, 2.24) is 4.98 Å². The summed E-state index contributed by atoms with van der Waals surface area (Å²) in [6.07, 6.45) is 0. The Kier molecular flexibility index (Phi) is 5.39. The normalized spacial score (nSPS) is 10.6. The second-order valence-electron chi connectivity index (χ2n) is 3.94. The number of rotatable bonds is 4. The number of benzene rings is 1. The quantitative estimate of drug-likeness (QED) is 0.782. The van der Waals surface area contributed by atoms with Gasteiger partial charge in [-0.25, -0.2) is 4.98 Å². The highest BCUT2D eigenvalue weighted by molar-refractivity contribution is 6.35. The maximum absolute atomic E-state index is 12.1. The lowest BCUT2D eigenvalue weighted by molar-refractivity contribution is -0.0497. The van der Waals surface area contributed by atoms with E-state index < -0.39 is 12.5 Å². The molecule has 1 aromatic carbocycles. The Balaban J connectivity index is 2.18. The van der Waals surface area contributed by atoms with Gasteiger partial charge in [0.2, 0.25) is 0 Å². The van der Waals surface area contributed by atoms with E-state index in [1.54, 1.807) is 0 Å². The first-order valence-electron chi connectivity index (χ1n) is 5.74. The van der Waals surface area contributed by atoms with E-state index in [1.807, 2.05) is 0 Å². The zero-order valence-corrected chi connectivity index (χ0v) is 12.9. The van der Waals surface area contributed by atoms with Crippen molar-refractivity contribution in [2.24, 2.45) is 0 Å². The van der Waals surface area contributed by atoms with Crippen LogP contribution in [0.5, 0.6) is 5.75 Å². The lowest BCUT2D eigenvalue weighted by atomic mass is 10.2. The summed E-state index contributed by atoms with van der Waals surface area (Å²) in [5, 5.41) is 2.62. The highest BCUT2D eigenvalue weighted by Gasteiger charge is 2.15. The van der Waals surface area contributed by atoms with Gasteiger partial charge in [-0.15, -0.1) is 0 Å². The van der Waals surface area contributed by atoms with Crippen LogP contribution >= 0.6 is 34.8 Å². The molecule has 0 saturated carbocycles. The SMILES string of the molecule is O=C(Nc1ccc(OC(F)F)c(Cl)c1)c1nc(Cl)ccc1Cl. The van der Waals surface area contributed by atoms with Crippen molar-refractivity contribution in [3.63, 3.8) is 0 Å². The zero-order chi connectivity index (χ0) is 16.3. The van der Waals surface area contributed by atoms with Crippen LogP contribution in [0.2, 0.25) is 15.2 Å². The first-order valence-corrected chi connectivity index (χ1v) is 6.88. The Labute approximate surface area is 139 Å². The van der Waals surface area contributed by atoms with Crippen molar-refractivity contribution in [1.29, 1.82) is 0 Å². The number of alkyl halides is 2. The highest BCUT2D eigenvalue weighted by Crippen LogP contribution is 2.29. The van der Waals surface area contributed by atoms with E-state index in [9.17, 15) is 13.6 Å². The number of aromatic nitrogens is 1. The van der Waals surface area contributed by atoms with Crippen LogP contribution < -0.4 is 10.1 Å². The molecule has 2 rings (SSSR count). The van der Waals surface area contributed by atoms with Crippen LogP contribution in [0.25, 0.3) is 0 Å². The van der Waals surface area contributed by atoms with E-state index in [0.717, 1.165) is 0 Å². The fourth-order valence-electron chi connectivity index (χ4n) is 1.54. The topological polar surface area (TPSA) is 51.2 Å². The molecule has 0 aliphatic heterocycles. The molecule has 0 atom stereocenters. The molecule has 0 radical (unpaired) electrons. The Bertz CT molecular complexity index is 714. The van der Waals surface area contributed by atoms with Crippen LogP contribution in [0.4, 0.5) is 14.5 Å². The van der Waals surface area contributed by atoms with Gasteiger partial charge in [0.1, 0.15) is 16.6 Å². The monoisotopic (exact) mass is 366 g/mol. The molecular weight excluding hydrogens is 361 g/mol. The summed E-state index contributed by atoms with van der Waals surface area (Å²) in [6.45, 7) is -2.99. The molecule has 0 spiro atoms. The first kappa shape index (κ1) is 16.7. The van der Waals surface area contributed by atoms with Gasteiger partial charge in [0, 0.05) is 5.69 Å². The number of pyridine rings is 1. The minimum absolute atomic E-state index is 0.0711. The number of hydrogen-bond acceptors (Lipinski definition) is 3. The van der Waals surface area contributed by atoms with Gasteiger partial charge in [-0.2, -0.15) is 8.78 Å². The number of amides is 1. The molecule has 0 saturated heterocycles. The molecule has 9 heteroatoms. The summed E-state index contributed by atoms with van der Waals surface area (Å²) in [5.41, 5.74) is 0.188. The van der Waals surface area contributed by atoms with E-state index in [0.29, 0.717) is 0 Å². The predicted octanol–water partition coefficient (Wildman–Crippen LogP) is 4.90. The van der Waals surface area contributed by atoms with Crippen molar-refractivity contribution in [2.75, 3.05) is 5.32 Å². The molecule has 0 bridgehead atoms. The maximum atomic E-state index is 12.1. The smallest absolute Gasteiger partial charge is 0.387 e. The fraction of sp³-hybridized carbons (Fsp3) is 0.0769. The number of ether oxygens (including phenoxy) is 1. The minimum atomic E-state index is -2.99. The molecule has 0 aliphatic rings. The molecule has 1 heterocycles. The summed E-state index contributed by atoms with van der Waals surface area (Å²) in [6, 6.07) is 6.68. The average molecular weight is 368 g/mol. The highest BCUT2D eigenvalue weighted by atomic mass is 35.5. The summed E-state index contributed by atoms with van der Waals surface area (Å²) in [4.78, 5) is 15.9. The number of hydrogen-bond donors (Lipinski definition) is 1. The van der Waals surface area contributed by atoms with Gasteiger partial charge in [0.15, 0.2) is 0 Å². The Hall–Kier alpha value is -1.63. The largest absolute Gasteiger partial charge is 0.433 e. The number of halogens is 5. The van der Waals surface area contributed by atoms with Crippen LogP contribution in [-0.2, 0) is 0 Å². The van der Waals surface area contributed by atoms with Gasteiger partial charge >= 0.3 is 6.61 Å². The second kappa shape index (κ2) is 7.09. The van der Waals surface area contributed by atoms with Crippen LogP contribution in [0.1, 0.15) is 10.5 Å². The predicted molar refractivity (Wildman–Crippen MR) is 80.3 cm³/mol. The van der Waals surface area contributed by atoms with Crippen molar-refractivity contribution < 1.29 is 18.3 Å². The van der Waals surface area contributed by atoms with E-state index in [4.69, 9.17) is 34.8 Å². The third kappa shape index (κ3) is 4.19. The summed E-state index contributed by atoms with van der Waals surface area (Å²) in [5.74, 6) is -0.820. The molecular formula is C13H7Cl3F2N2O2. The van der Waals surface area contributed by atoms with E-state index in [-0.39, 0.29) is 32.3 Å². The molecule has 0 unspecified atom stereocenters. The van der Waals surface area contributed by atoms with Gasteiger partial charge in [-0.3, -0.25) is 4.79 Å². The molecule has 4 nitrogen and oxygen atoms in total. The summed E-state index contributed by atoms with van der Waals surface area (Å²) < 4.78 is 28.5. The molecule has 0 fully saturated rings. The number of nitrogens with one attached hydrogen (secondary N) is 1. The standard InChI is InChI=1S/C13H7Cl3F2N2O2/c14-7-2-4-10(16)20-11(7)12(21)19-6-1-3-9(8(15)5-6)22-13(17)18/h1-5,13H,(H,19,21). The van der Waals surface area contributed by atoms with Gasteiger partial charge in [0.05, 0.1) is 10.0 Å². The Morgan fingerprint density at radius 2 is 1.86 bits per heavy atom. The van der Waals surface area contributed by atoms with Gasteiger partial charge in [-0.1, -0.05) is 34.8 Å². The number of carbonyl (C=O) groups excluding carboxylic acids is 1. The fourth-order valence-corrected chi connectivity index (χ4v) is 2.10. The van der Waals surface area contributed by atoms with Crippen molar-refractivity contribution in [2.45, 2.75) is 6.61 Å². The van der Waals surface area contributed by atoms with Gasteiger partial charge < -0.3 is 10.1 Å². The number of anilines is 1. The van der Waals surface area contributed by atoms with Gasteiger partial charge in [0.25, 0.3) is 5.91 Å². The molecule has 1 aromatic heterocycles. The first-order chi connectivity index (χ1) is 10.4. The van der Waals surface area contributed by atoms with Crippen molar-refractivity contribution in [3.8, 4) is 5.75 Å². The zero-order valence-electron chi connectivity index (χ0n) is 10.6. The van der Waals surface area contributed by atoms with Gasteiger partial charge in [-0.05, 0) is 30.3 Å². The third-order valence-corrected chi connectivity index (χ3v) is 3.24. The average Bonchev–Trinajstić information content (AvgIpc) is 2.44. The van der Waals surface area contributed by atoms with Crippen molar-refractivity contribution >= 4 is 46.4 Å². The maximum Gasteiger partial charge on any atom is 0.387 e. The minimum Gasteiger partial charge on any atom is -0.433 e. The van der Waals surface area contributed by atoms with E-state index >= 15 is 0 Å². The summed E-state index contributed by atoms with van der Waals surface area (Å²) in [7, 11) is 0. The lowest BCUT2D eigenvalue weighted by Gasteiger charge is -2.10. The lowest BCUT2D eigenvalue weighted by Crippen LogP contribution is -2.14. The van der Waals surface area contributed by atoms with Crippen LogP contribution in [-0.4, -0.2) is 17.5 Å². The van der Waals surface area contributed by atoms with E-state index in [2.05, 4.69) is 15.0 Å². The molecule has 116 valence electrons. The number of carbonyl (C=O) groups is 1.